The molecule has 0 saturated heterocycles. The second kappa shape index (κ2) is 10.0. The fraction of sp³-hybridized carbons (Fsp3) is 0.235. The molecule has 0 saturated carbocycles. The van der Waals surface area contributed by atoms with Crippen molar-refractivity contribution in [1.82, 2.24) is 4.72 Å². The maximum absolute atomic E-state index is 12.8. The predicted octanol–water partition coefficient (Wildman–Crippen LogP) is 3.52. The van der Waals surface area contributed by atoms with E-state index >= 15 is 0 Å². The molecule has 2 aromatic carbocycles. The van der Waals surface area contributed by atoms with Gasteiger partial charge in [0, 0.05) is 10.5 Å². The summed E-state index contributed by atoms with van der Waals surface area (Å²) in [5.41, 5.74) is 0.576. The molecule has 0 bridgehead atoms. The van der Waals surface area contributed by atoms with Gasteiger partial charge in [0.15, 0.2) is 0 Å². The number of carbonyl (C=O) groups is 1. The number of hydrogen-bond acceptors (Lipinski definition) is 4. The van der Waals surface area contributed by atoms with Crippen LogP contribution in [0.5, 0.6) is 0 Å². The Kier molecular flexibility index (Phi) is 7.98. The van der Waals surface area contributed by atoms with Gasteiger partial charge in [-0.15, -0.1) is 0 Å². The molecule has 0 aromatic heterocycles. The van der Waals surface area contributed by atoms with Crippen LogP contribution in [0.1, 0.15) is 15.9 Å². The van der Waals surface area contributed by atoms with Crippen molar-refractivity contribution in [3.63, 3.8) is 0 Å². The average Bonchev–Trinajstić information content (AvgIpc) is 2.66. The van der Waals surface area contributed by atoms with Gasteiger partial charge in [0.2, 0.25) is 0 Å². The van der Waals surface area contributed by atoms with E-state index in [1.165, 1.54) is 24.3 Å². The highest BCUT2D eigenvalue weighted by atomic mass is 32.2. The second-order valence-electron chi connectivity index (χ2n) is 5.53. The van der Waals surface area contributed by atoms with E-state index < -0.39 is 35.8 Å². The van der Waals surface area contributed by atoms with Gasteiger partial charge < -0.3 is 4.74 Å². The highest BCUT2D eigenvalue weighted by Crippen LogP contribution is 2.24. The fourth-order valence-corrected chi connectivity index (χ4v) is 3.52. The average molecular weight is 436 g/mol. The van der Waals surface area contributed by atoms with Crippen LogP contribution in [-0.2, 0) is 22.3 Å². The Morgan fingerprint density at radius 1 is 1.21 bits per heavy atom. The first-order chi connectivity index (χ1) is 13.2. The van der Waals surface area contributed by atoms with Crippen molar-refractivity contribution in [1.29, 1.82) is 0 Å². The quantitative estimate of drug-likeness (QED) is 0.466. The number of rotatable bonds is 9. The normalized spacial score (nSPS) is 12.8. The zero-order valence-electron chi connectivity index (χ0n) is 14.2. The summed E-state index contributed by atoms with van der Waals surface area (Å²) in [5.74, 6) is -4.73. The molecule has 0 aliphatic carbocycles. The summed E-state index contributed by atoms with van der Waals surface area (Å²) in [6.07, 6.45) is -3.81. The number of carbonyl (C=O) groups excluding carboxylic acids is 1. The molecule has 28 heavy (non-hydrogen) atoms. The van der Waals surface area contributed by atoms with Crippen molar-refractivity contribution in [3.05, 3.63) is 59.7 Å². The van der Waals surface area contributed by atoms with Crippen LogP contribution in [-0.4, -0.2) is 29.1 Å². The number of benzene rings is 2. The van der Waals surface area contributed by atoms with E-state index in [0.29, 0.717) is 15.4 Å². The van der Waals surface area contributed by atoms with E-state index in [0.717, 1.165) is 11.9 Å². The van der Waals surface area contributed by atoms with Gasteiger partial charge in [-0.25, -0.2) is 18.1 Å². The molecule has 11 heteroatoms. The minimum absolute atomic E-state index is 0.209. The Bertz CT molecular complexity index is 853. The number of amides is 1. The second-order valence-corrected chi connectivity index (χ2v) is 7.42. The highest BCUT2D eigenvalue weighted by Gasteiger charge is 2.40. The van der Waals surface area contributed by atoms with Gasteiger partial charge in [-0.05, 0) is 41.8 Å². The van der Waals surface area contributed by atoms with Gasteiger partial charge in [0.25, 0.3) is 5.91 Å². The molecule has 152 valence electrons. The van der Waals surface area contributed by atoms with Crippen molar-refractivity contribution in [2.45, 2.75) is 28.7 Å². The molecule has 2 aromatic rings. The standard InChI is InChI=1S/C17H16F4N2O3S2/c18-16(19)17(20,21)10-26-9-11-4-3-5-12(8-11)15(24)23-27-13-6-1-2-7-14(13)28(22)25/h1-8,16H,9-10,22H2,(H,23,24). The molecule has 0 spiro atoms. The largest absolute Gasteiger partial charge is 0.370 e. The van der Waals surface area contributed by atoms with Gasteiger partial charge in [-0.2, -0.15) is 8.78 Å². The molecule has 0 radical (unpaired) electrons. The Hall–Kier alpha value is -1.95. The molecule has 1 unspecified atom stereocenters. The van der Waals surface area contributed by atoms with E-state index in [1.54, 1.807) is 24.3 Å². The third-order valence-corrected chi connectivity index (χ3v) is 5.17. The first-order valence-electron chi connectivity index (χ1n) is 7.76. The van der Waals surface area contributed by atoms with Crippen molar-refractivity contribution in [2.75, 3.05) is 6.61 Å². The Labute approximate surface area is 165 Å². The van der Waals surface area contributed by atoms with E-state index in [-0.39, 0.29) is 12.2 Å². The Morgan fingerprint density at radius 2 is 1.93 bits per heavy atom. The molecule has 5 nitrogen and oxygen atoms in total. The van der Waals surface area contributed by atoms with Crippen LogP contribution >= 0.6 is 11.9 Å². The van der Waals surface area contributed by atoms with Gasteiger partial charge in [-0.1, -0.05) is 24.3 Å². The fourth-order valence-electron chi connectivity index (χ4n) is 2.03. The van der Waals surface area contributed by atoms with Gasteiger partial charge in [0.1, 0.15) is 17.6 Å². The van der Waals surface area contributed by atoms with Crippen molar-refractivity contribution < 1.29 is 31.3 Å². The number of alkyl halides is 4. The van der Waals surface area contributed by atoms with Crippen LogP contribution in [0.3, 0.4) is 0 Å². The van der Waals surface area contributed by atoms with E-state index in [9.17, 15) is 26.6 Å². The predicted molar refractivity (Wildman–Crippen MR) is 97.4 cm³/mol. The first-order valence-corrected chi connectivity index (χ1v) is 9.78. The zero-order chi connectivity index (χ0) is 20.7. The summed E-state index contributed by atoms with van der Waals surface area (Å²) in [5, 5.41) is 5.38. The summed E-state index contributed by atoms with van der Waals surface area (Å²) in [7, 11) is -1.72. The molecule has 1 amide bonds. The molecule has 0 aliphatic rings. The third kappa shape index (κ3) is 6.30. The Morgan fingerprint density at radius 3 is 2.61 bits per heavy atom. The Balaban J connectivity index is 1.96. The van der Waals surface area contributed by atoms with Crippen molar-refractivity contribution >= 4 is 28.8 Å². The first kappa shape index (κ1) is 22.3. The number of ether oxygens (including phenoxy) is 1. The lowest BCUT2D eigenvalue weighted by Gasteiger charge is -2.15. The van der Waals surface area contributed by atoms with Crippen molar-refractivity contribution in [2.24, 2.45) is 5.14 Å². The summed E-state index contributed by atoms with van der Waals surface area (Å²) in [6.45, 7) is -1.78. The SMILES string of the molecule is NS(=O)c1ccccc1SNC(=O)c1cccc(COCC(F)(F)C(F)F)c1. The smallest absolute Gasteiger partial charge is 0.330 e. The molecule has 0 fully saturated rings. The van der Waals surface area contributed by atoms with Crippen LogP contribution in [0.25, 0.3) is 0 Å². The monoisotopic (exact) mass is 436 g/mol. The van der Waals surface area contributed by atoms with E-state index in [2.05, 4.69) is 9.46 Å². The lowest BCUT2D eigenvalue weighted by molar-refractivity contribution is -0.168. The molecular weight excluding hydrogens is 420 g/mol. The van der Waals surface area contributed by atoms with Gasteiger partial charge in [0.05, 0.1) is 11.5 Å². The summed E-state index contributed by atoms with van der Waals surface area (Å²) in [4.78, 5) is 13.1. The minimum Gasteiger partial charge on any atom is -0.370 e. The maximum atomic E-state index is 12.8. The summed E-state index contributed by atoms with van der Waals surface area (Å²) in [6, 6.07) is 12.5. The molecule has 2 rings (SSSR count). The van der Waals surface area contributed by atoms with Gasteiger partial charge >= 0.3 is 12.3 Å². The molecular formula is C17H16F4N2O3S2. The number of nitrogens with two attached hydrogens (primary N) is 1. The summed E-state index contributed by atoms with van der Waals surface area (Å²) >= 11 is 0.922. The van der Waals surface area contributed by atoms with Crippen LogP contribution in [0, 0.1) is 0 Å². The lowest BCUT2D eigenvalue weighted by atomic mass is 10.1. The van der Waals surface area contributed by atoms with E-state index in [4.69, 9.17) is 5.14 Å². The van der Waals surface area contributed by atoms with Crippen LogP contribution in [0.15, 0.2) is 58.3 Å². The molecule has 3 N–H and O–H groups in total. The van der Waals surface area contributed by atoms with Crippen LogP contribution in [0.4, 0.5) is 17.6 Å². The highest BCUT2D eigenvalue weighted by molar-refractivity contribution is 7.98. The number of nitrogens with one attached hydrogen (secondary N) is 1. The maximum Gasteiger partial charge on any atom is 0.330 e. The molecule has 0 aliphatic heterocycles. The van der Waals surface area contributed by atoms with Crippen LogP contribution in [0.2, 0.25) is 0 Å². The topological polar surface area (TPSA) is 81.4 Å². The summed E-state index contributed by atoms with van der Waals surface area (Å²) < 4.78 is 68.6. The zero-order valence-corrected chi connectivity index (χ0v) is 15.9. The molecule has 0 heterocycles. The number of hydrogen-bond donors (Lipinski definition) is 2. The van der Waals surface area contributed by atoms with Crippen molar-refractivity contribution in [3.8, 4) is 0 Å². The van der Waals surface area contributed by atoms with Crippen LogP contribution < -0.4 is 9.86 Å². The van der Waals surface area contributed by atoms with E-state index in [1.807, 2.05) is 0 Å². The van der Waals surface area contributed by atoms with Gasteiger partial charge in [-0.3, -0.25) is 9.52 Å². The lowest BCUT2D eigenvalue weighted by Crippen LogP contribution is -2.32. The molecule has 1 atom stereocenters. The number of halogens is 4. The third-order valence-electron chi connectivity index (χ3n) is 3.39. The minimum atomic E-state index is -4.23.